The van der Waals surface area contributed by atoms with Crippen molar-refractivity contribution in [3.63, 3.8) is 0 Å². The smallest absolute Gasteiger partial charge is 0.416 e. The Hall–Kier alpha value is -8.17. The maximum absolute atomic E-state index is 14.4. The zero-order valence-corrected chi connectivity index (χ0v) is 38.1. The van der Waals surface area contributed by atoms with Crippen LogP contribution in [0.3, 0.4) is 0 Å². The highest BCUT2D eigenvalue weighted by atomic mass is 19.4. The lowest BCUT2D eigenvalue weighted by atomic mass is 9.94. The van der Waals surface area contributed by atoms with Gasteiger partial charge in [0.2, 0.25) is 0 Å². The second-order valence-corrected chi connectivity index (χ2v) is 17.7. The van der Waals surface area contributed by atoms with E-state index in [-0.39, 0.29) is 97.1 Å². The van der Waals surface area contributed by atoms with Gasteiger partial charge < -0.3 is 29.7 Å². The predicted molar refractivity (Wildman–Crippen MR) is 242 cm³/mol. The Bertz CT molecular complexity index is 2770. The van der Waals surface area contributed by atoms with Crippen LogP contribution in [0.25, 0.3) is 0 Å². The summed E-state index contributed by atoms with van der Waals surface area (Å²) in [4.78, 5) is 74.3. The zero-order valence-electron chi connectivity index (χ0n) is 38.1. The number of alkyl halides is 6. The van der Waals surface area contributed by atoms with Crippen LogP contribution < -0.4 is 20.4 Å². The lowest BCUT2D eigenvalue weighted by Gasteiger charge is -2.34. The molecule has 2 atom stereocenters. The first kappa shape index (κ1) is 49.3. The number of likely N-dealkylation sites (N-methyl/N-ethyl adjacent to an activating group) is 1. The number of esters is 1. The van der Waals surface area contributed by atoms with Crippen molar-refractivity contribution < 1.29 is 59.5 Å². The highest BCUT2D eigenvalue weighted by Crippen LogP contribution is 2.42. The van der Waals surface area contributed by atoms with Gasteiger partial charge in [-0.1, -0.05) is 36.4 Å². The van der Waals surface area contributed by atoms with Gasteiger partial charge in [-0.05, 0) is 71.8 Å². The minimum atomic E-state index is -4.72. The molecule has 71 heavy (non-hydrogen) atoms. The summed E-state index contributed by atoms with van der Waals surface area (Å²) in [6, 6.07) is 21.3. The third kappa shape index (κ3) is 9.99. The highest BCUT2D eigenvalue weighted by Gasteiger charge is 2.47. The van der Waals surface area contributed by atoms with E-state index in [1.54, 1.807) is 31.3 Å². The molecule has 4 aliphatic heterocycles. The van der Waals surface area contributed by atoms with E-state index in [0.717, 1.165) is 34.1 Å². The standard InChI is InChI=1S/C50H43F6N9O6/c1-65(29-40(66)71-2,21-5-19-61-27-38-41(45(61)67)43(32-15-11-30(25-57)12-16-32)59-47(69)63(38)36-9-3-7-34(23-36)49(51,52)53)22-6-20-62-28-39-42(46(62)68)44(33-17-13-31(26-58)14-18-33)60-48(70)64(39)37-10-4-8-35(24-37)50(54,55)56/h3-4,7-18,23-24,43-44H,5-6,19-22,27-29H2,1-2H3,(H-,59,60,69,70)/p+1. The number of rotatable bonds is 14. The average molecular weight is 981 g/mol. The van der Waals surface area contributed by atoms with E-state index >= 15 is 0 Å². The van der Waals surface area contributed by atoms with Crippen molar-refractivity contribution in [3.8, 4) is 12.1 Å². The van der Waals surface area contributed by atoms with E-state index in [9.17, 15) is 60.8 Å². The lowest BCUT2D eigenvalue weighted by Crippen LogP contribution is -2.50. The largest absolute Gasteiger partial charge is 0.465 e. The quantitative estimate of drug-likeness (QED) is 0.0751. The van der Waals surface area contributed by atoms with Gasteiger partial charge in [0.15, 0.2) is 6.54 Å². The molecule has 0 aromatic heterocycles. The minimum Gasteiger partial charge on any atom is -0.465 e. The highest BCUT2D eigenvalue weighted by molar-refractivity contribution is 6.08. The van der Waals surface area contributed by atoms with Crippen molar-refractivity contribution in [1.29, 1.82) is 10.5 Å². The van der Waals surface area contributed by atoms with Gasteiger partial charge in [-0.2, -0.15) is 36.9 Å². The van der Waals surface area contributed by atoms with Crippen molar-refractivity contribution in [2.75, 3.05) is 69.8 Å². The Balaban J connectivity index is 0.998. The van der Waals surface area contributed by atoms with Gasteiger partial charge in [0.1, 0.15) is 0 Å². The first-order valence-electron chi connectivity index (χ1n) is 22.2. The number of carbonyl (C=O) groups excluding carboxylic acids is 5. The van der Waals surface area contributed by atoms with Gasteiger partial charge in [0.25, 0.3) is 11.8 Å². The number of anilines is 2. The third-order valence-corrected chi connectivity index (χ3v) is 13.0. The molecule has 0 saturated heterocycles. The van der Waals surface area contributed by atoms with Gasteiger partial charge >= 0.3 is 30.4 Å². The van der Waals surface area contributed by atoms with Crippen LogP contribution in [0.1, 0.15) is 58.3 Å². The number of methoxy groups -OCH3 is 1. The normalized spacial score (nSPS) is 19.0. The van der Waals surface area contributed by atoms with Crippen LogP contribution in [0.2, 0.25) is 0 Å². The fourth-order valence-corrected chi connectivity index (χ4v) is 9.47. The molecule has 0 aliphatic carbocycles. The number of ether oxygens (including phenoxy) is 1. The molecule has 366 valence electrons. The van der Waals surface area contributed by atoms with E-state index in [1.807, 2.05) is 12.1 Å². The molecule has 0 bridgehead atoms. The summed E-state index contributed by atoms with van der Waals surface area (Å²) in [6.45, 7) is 0.347. The number of amides is 6. The molecule has 0 radical (unpaired) electrons. The molecular weight excluding hydrogens is 937 g/mol. The van der Waals surface area contributed by atoms with Crippen LogP contribution in [-0.4, -0.2) is 104 Å². The van der Waals surface area contributed by atoms with E-state index in [0.29, 0.717) is 22.3 Å². The number of urea groups is 2. The van der Waals surface area contributed by atoms with E-state index in [2.05, 4.69) is 10.6 Å². The SMILES string of the molecule is COC(=O)C[N+](C)(CCCN1CC2=C(C1=O)C(c1ccc(C#N)cc1)NC(=O)N2c1cccc(C(F)(F)F)c1)CCCN1CC2=C(C1=O)C(c1ccc(C#N)cc1)NC(=O)N2c1cccc(C(F)(F)F)c1. The molecule has 6 amide bonds. The Kier molecular flexibility index (Phi) is 13.4. The number of nitriles is 2. The maximum Gasteiger partial charge on any atom is 0.416 e. The topological polar surface area (TPSA) is 179 Å². The van der Waals surface area contributed by atoms with E-state index in [1.165, 1.54) is 65.4 Å². The van der Waals surface area contributed by atoms with Gasteiger partial charge in [-0.15, -0.1) is 0 Å². The van der Waals surface area contributed by atoms with Crippen LogP contribution in [0.5, 0.6) is 0 Å². The molecule has 0 saturated carbocycles. The predicted octanol–water partition coefficient (Wildman–Crippen LogP) is 7.30. The first-order valence-corrected chi connectivity index (χ1v) is 22.2. The lowest BCUT2D eigenvalue weighted by molar-refractivity contribution is -0.902. The second-order valence-electron chi connectivity index (χ2n) is 17.7. The maximum atomic E-state index is 14.4. The number of quaternary nitrogens is 1. The van der Waals surface area contributed by atoms with Crippen molar-refractivity contribution in [3.05, 3.63) is 153 Å². The summed E-state index contributed by atoms with van der Waals surface area (Å²) in [5.74, 6) is -1.51. The molecular formula is C50H44F6N9O6+. The zero-order chi connectivity index (χ0) is 51.0. The van der Waals surface area contributed by atoms with Gasteiger partial charge in [-0.25, -0.2) is 14.4 Å². The molecule has 4 heterocycles. The van der Waals surface area contributed by atoms with Crippen LogP contribution in [0, 0.1) is 22.7 Å². The van der Waals surface area contributed by atoms with Crippen molar-refractivity contribution in [1.82, 2.24) is 20.4 Å². The van der Waals surface area contributed by atoms with Crippen LogP contribution in [0.4, 0.5) is 47.3 Å². The molecule has 0 fully saturated rings. The third-order valence-electron chi connectivity index (χ3n) is 13.0. The minimum absolute atomic E-state index is 0.0611. The fourth-order valence-electron chi connectivity index (χ4n) is 9.47. The van der Waals surface area contributed by atoms with Gasteiger partial charge in [-0.3, -0.25) is 19.4 Å². The Morgan fingerprint density at radius 2 is 1.06 bits per heavy atom. The number of hydrogen-bond acceptors (Lipinski definition) is 8. The summed E-state index contributed by atoms with van der Waals surface area (Å²) >= 11 is 0. The molecule has 2 unspecified atom stereocenters. The summed E-state index contributed by atoms with van der Waals surface area (Å²) < 4.78 is 88.2. The number of carbonyl (C=O) groups is 5. The number of halogens is 6. The van der Waals surface area contributed by atoms with Crippen LogP contribution in [-0.2, 0) is 31.5 Å². The second kappa shape index (κ2) is 19.3. The fraction of sp³-hybridized carbons (Fsp3) is 0.300. The monoisotopic (exact) mass is 980 g/mol. The molecule has 0 spiro atoms. The van der Waals surface area contributed by atoms with Crippen molar-refractivity contribution in [2.24, 2.45) is 0 Å². The summed E-state index contributed by atoms with van der Waals surface area (Å²) in [7, 11) is 3.02. The molecule has 2 N–H and O–H groups in total. The molecule has 4 aliphatic rings. The number of hydrogen-bond donors (Lipinski definition) is 2. The Labute approximate surface area is 402 Å². The number of benzene rings is 4. The molecule has 4 aromatic rings. The van der Waals surface area contributed by atoms with Crippen LogP contribution in [0.15, 0.2) is 120 Å². The Morgan fingerprint density at radius 1 is 0.662 bits per heavy atom. The van der Waals surface area contributed by atoms with E-state index < -0.39 is 65.4 Å². The summed E-state index contributed by atoms with van der Waals surface area (Å²) in [5, 5.41) is 24.3. The Morgan fingerprint density at radius 3 is 1.41 bits per heavy atom. The van der Waals surface area contributed by atoms with E-state index in [4.69, 9.17) is 4.74 Å². The number of nitrogens with one attached hydrogen (secondary N) is 2. The summed E-state index contributed by atoms with van der Waals surface area (Å²) in [5.41, 5.74) is 0.00431. The average Bonchev–Trinajstić information content (AvgIpc) is 3.84. The van der Waals surface area contributed by atoms with Gasteiger partial charge in [0.05, 0.1) is 121 Å². The van der Waals surface area contributed by atoms with Gasteiger partial charge in [0, 0.05) is 25.9 Å². The van der Waals surface area contributed by atoms with Crippen molar-refractivity contribution >= 4 is 41.2 Å². The molecule has 21 heteroatoms. The number of nitrogens with zero attached hydrogens (tertiary/aromatic N) is 7. The molecule has 4 aromatic carbocycles. The van der Waals surface area contributed by atoms with Crippen LogP contribution >= 0.6 is 0 Å². The molecule has 8 rings (SSSR count). The molecule has 15 nitrogen and oxygen atoms in total. The first-order chi connectivity index (χ1) is 33.7. The summed E-state index contributed by atoms with van der Waals surface area (Å²) in [6.07, 6.45) is -8.86. The van der Waals surface area contributed by atoms with Crippen molar-refractivity contribution in [2.45, 2.75) is 37.3 Å².